The Morgan fingerprint density at radius 1 is 0.933 bits per heavy atom. The zero-order valence-corrected chi connectivity index (χ0v) is 20.1. The first-order valence-corrected chi connectivity index (χ1v) is 13.0. The Balaban J connectivity index is 1.71. The summed E-state index contributed by atoms with van der Waals surface area (Å²) in [7, 11) is 0. The van der Waals surface area contributed by atoms with E-state index in [-0.39, 0.29) is 0 Å². The Hall–Kier alpha value is -1.26. The summed E-state index contributed by atoms with van der Waals surface area (Å²) in [6, 6.07) is 0. The van der Waals surface area contributed by atoms with Gasteiger partial charge in [0.1, 0.15) is 0 Å². The van der Waals surface area contributed by atoms with Crippen LogP contribution < -0.4 is 0 Å². The summed E-state index contributed by atoms with van der Waals surface area (Å²) in [5, 5.41) is 0. The molecule has 0 spiro atoms. The lowest BCUT2D eigenvalue weighted by Crippen LogP contribution is -2.26. The van der Waals surface area contributed by atoms with Crippen molar-refractivity contribution in [2.75, 3.05) is 0 Å². The second-order valence-electron chi connectivity index (χ2n) is 10.4. The van der Waals surface area contributed by atoms with Crippen LogP contribution in [-0.4, -0.2) is 0 Å². The maximum Gasteiger partial charge on any atom is -0.0105 e. The third-order valence-corrected chi connectivity index (χ3v) is 8.97. The Morgan fingerprint density at radius 3 is 2.13 bits per heavy atom. The Kier molecular flexibility index (Phi) is 8.88. The molecule has 0 nitrogen and oxygen atoms in total. The molecule has 0 heterocycles. The molecule has 166 valence electrons. The van der Waals surface area contributed by atoms with Crippen molar-refractivity contribution in [1.82, 2.24) is 0 Å². The summed E-state index contributed by atoms with van der Waals surface area (Å²) >= 11 is 0. The van der Waals surface area contributed by atoms with Crippen LogP contribution in [-0.2, 0) is 0 Å². The van der Waals surface area contributed by atoms with Crippen LogP contribution in [0.25, 0.3) is 0 Å². The van der Waals surface area contributed by atoms with E-state index in [1.165, 1.54) is 74.5 Å². The monoisotopic (exact) mass is 406 g/mol. The molecule has 2 atom stereocenters. The fraction of sp³-hybridized carbons (Fsp3) is 0.700. The van der Waals surface area contributed by atoms with Gasteiger partial charge in [-0.05, 0) is 129 Å². The second kappa shape index (κ2) is 11.4. The third-order valence-electron chi connectivity index (χ3n) is 8.97. The van der Waals surface area contributed by atoms with Crippen molar-refractivity contribution < 1.29 is 0 Å². The molecule has 0 radical (unpaired) electrons. The summed E-state index contributed by atoms with van der Waals surface area (Å²) < 4.78 is 0. The van der Waals surface area contributed by atoms with Crippen LogP contribution in [0.5, 0.6) is 0 Å². The van der Waals surface area contributed by atoms with Crippen LogP contribution in [0.15, 0.2) is 53.8 Å². The molecular weight excluding hydrogens is 360 g/mol. The molecule has 0 heteroatoms. The van der Waals surface area contributed by atoms with Gasteiger partial charge in [0.15, 0.2) is 0 Å². The van der Waals surface area contributed by atoms with Crippen LogP contribution in [0.1, 0.15) is 97.8 Å². The summed E-state index contributed by atoms with van der Waals surface area (Å²) in [5.41, 5.74) is 7.87. The molecule has 0 saturated heterocycles. The molecule has 3 aliphatic carbocycles. The highest BCUT2D eigenvalue weighted by molar-refractivity contribution is 5.41. The van der Waals surface area contributed by atoms with Crippen molar-refractivity contribution in [1.29, 1.82) is 0 Å². The van der Waals surface area contributed by atoms with Gasteiger partial charge in [0, 0.05) is 0 Å². The third kappa shape index (κ3) is 5.50. The van der Waals surface area contributed by atoms with E-state index in [1.807, 2.05) is 0 Å². The number of rotatable bonds is 5. The molecule has 0 aliphatic heterocycles. The first kappa shape index (κ1) is 23.4. The van der Waals surface area contributed by atoms with Gasteiger partial charge < -0.3 is 0 Å². The van der Waals surface area contributed by atoms with Gasteiger partial charge in [0.25, 0.3) is 0 Å². The lowest BCUT2D eigenvalue weighted by Gasteiger charge is -2.38. The molecule has 3 rings (SSSR count). The highest BCUT2D eigenvalue weighted by atomic mass is 14.4. The zero-order valence-electron chi connectivity index (χ0n) is 20.1. The van der Waals surface area contributed by atoms with E-state index in [9.17, 15) is 0 Å². The average Bonchev–Trinajstić information content (AvgIpc) is 2.80. The predicted molar refractivity (Wildman–Crippen MR) is 132 cm³/mol. The minimum absolute atomic E-state index is 0.530. The van der Waals surface area contributed by atoms with Gasteiger partial charge in [-0.15, -0.1) is 12.3 Å². The first-order chi connectivity index (χ1) is 14.6. The Morgan fingerprint density at radius 2 is 1.57 bits per heavy atom. The Bertz CT molecular complexity index is 667. The van der Waals surface area contributed by atoms with E-state index >= 15 is 0 Å². The average molecular weight is 407 g/mol. The molecule has 2 saturated carbocycles. The van der Waals surface area contributed by atoms with Crippen LogP contribution in [0.3, 0.4) is 0 Å². The van der Waals surface area contributed by atoms with Gasteiger partial charge >= 0.3 is 0 Å². The largest absolute Gasteiger partial charge is 0.125 e. The summed E-state index contributed by atoms with van der Waals surface area (Å²) in [5.74, 6) is 4.77. The van der Waals surface area contributed by atoms with Crippen molar-refractivity contribution in [3.8, 4) is 0 Å². The molecule has 0 aromatic carbocycles. The van der Waals surface area contributed by atoms with Crippen molar-refractivity contribution in [3.05, 3.63) is 53.8 Å². The van der Waals surface area contributed by atoms with Crippen molar-refractivity contribution in [3.63, 3.8) is 0 Å². The molecule has 0 bridgehead atoms. The fourth-order valence-electron chi connectivity index (χ4n) is 6.76. The quantitative estimate of drug-likeness (QED) is 0.315. The smallest absolute Gasteiger partial charge is 0.0105 e. The molecule has 0 N–H and O–H groups in total. The first-order valence-electron chi connectivity index (χ1n) is 13.0. The van der Waals surface area contributed by atoms with Gasteiger partial charge in [-0.1, -0.05) is 45.8 Å². The fourth-order valence-corrected chi connectivity index (χ4v) is 6.76. The summed E-state index contributed by atoms with van der Waals surface area (Å²) in [6.45, 7) is 15.8. The molecule has 0 amide bonds. The van der Waals surface area contributed by atoms with E-state index < -0.39 is 0 Å². The Labute approximate surface area is 187 Å². The lowest BCUT2D eigenvalue weighted by atomic mass is 9.67. The number of hydrogen-bond acceptors (Lipinski definition) is 0. The second-order valence-corrected chi connectivity index (χ2v) is 10.4. The van der Waals surface area contributed by atoms with Crippen LogP contribution in [0.2, 0.25) is 0 Å². The molecular formula is C30H46. The van der Waals surface area contributed by atoms with Crippen LogP contribution in [0.4, 0.5) is 0 Å². The molecule has 2 unspecified atom stereocenters. The molecule has 30 heavy (non-hydrogen) atoms. The molecule has 0 aromatic heterocycles. The maximum atomic E-state index is 4.60. The normalized spacial score (nSPS) is 38.4. The van der Waals surface area contributed by atoms with Gasteiger partial charge in [0.05, 0.1) is 0 Å². The van der Waals surface area contributed by atoms with E-state index in [1.54, 1.807) is 0 Å². The highest BCUT2D eigenvalue weighted by Crippen LogP contribution is 2.45. The van der Waals surface area contributed by atoms with Crippen molar-refractivity contribution in [2.24, 2.45) is 35.5 Å². The predicted octanol–water partition coefficient (Wildman–Crippen LogP) is 9.22. The van der Waals surface area contributed by atoms with Crippen LogP contribution in [0, 0.1) is 35.5 Å². The van der Waals surface area contributed by atoms with Crippen molar-refractivity contribution in [2.45, 2.75) is 97.8 Å². The maximum absolute atomic E-state index is 4.60. The van der Waals surface area contributed by atoms with E-state index in [4.69, 9.17) is 0 Å². The minimum Gasteiger partial charge on any atom is -0.125 e. The standard InChI is InChI=1S/C30H46/c1-6-24-14-16-26(17-15-24)27-18-20-28(21-19-27)30-13-11-9-10-12-25(7-2)29(8-3)22(4)23(30)5/h7,9,13,24-29H,2,4,6,8,10,12,14-21H2,1,3,5H3/b30-23+. The molecule has 2 fully saturated rings. The highest BCUT2D eigenvalue weighted by Gasteiger charge is 2.32. The van der Waals surface area contributed by atoms with E-state index in [0.29, 0.717) is 17.8 Å². The zero-order chi connectivity index (χ0) is 21.5. The van der Waals surface area contributed by atoms with Crippen molar-refractivity contribution >= 4 is 0 Å². The number of hydrogen-bond donors (Lipinski definition) is 0. The van der Waals surface area contributed by atoms with E-state index in [0.717, 1.165) is 37.0 Å². The molecule has 0 aromatic rings. The van der Waals surface area contributed by atoms with Gasteiger partial charge in [-0.3, -0.25) is 0 Å². The van der Waals surface area contributed by atoms with Gasteiger partial charge in [0.2, 0.25) is 0 Å². The van der Waals surface area contributed by atoms with E-state index in [2.05, 4.69) is 57.9 Å². The lowest BCUT2D eigenvalue weighted by molar-refractivity contribution is 0.152. The summed E-state index contributed by atoms with van der Waals surface area (Å²) in [4.78, 5) is 0. The minimum atomic E-state index is 0.530. The summed E-state index contributed by atoms with van der Waals surface area (Å²) in [6.07, 6.45) is 23.1. The number of allylic oxidation sites excluding steroid dienone is 5. The van der Waals surface area contributed by atoms with Gasteiger partial charge in [-0.2, -0.15) is 0 Å². The SMILES string of the molecule is C=CC1CCC=C=C/C(C2CCC(C3CCC(CC)CC3)CC2)=C(/C)C(=C)C1CC. The topological polar surface area (TPSA) is 0 Å². The molecule has 3 aliphatic rings. The van der Waals surface area contributed by atoms with Gasteiger partial charge in [-0.25, -0.2) is 0 Å². The van der Waals surface area contributed by atoms with Crippen LogP contribution >= 0.6 is 0 Å².